The van der Waals surface area contributed by atoms with E-state index in [2.05, 4.69) is 39.6 Å². The van der Waals surface area contributed by atoms with Gasteiger partial charge in [0.15, 0.2) is 0 Å². The molecule has 0 aliphatic carbocycles. The Bertz CT molecular complexity index is 422. The summed E-state index contributed by atoms with van der Waals surface area (Å²) >= 11 is 3.55. The van der Waals surface area contributed by atoms with Gasteiger partial charge in [-0.3, -0.25) is 10.1 Å². The van der Waals surface area contributed by atoms with E-state index < -0.39 is 0 Å². The first-order chi connectivity index (χ1) is 8.68. The number of carbonyl (C=O) groups excluding carboxylic acids is 1. The first-order valence-electron chi connectivity index (χ1n) is 6.46. The van der Waals surface area contributed by atoms with E-state index in [-0.39, 0.29) is 18.0 Å². The molecule has 2 N–H and O–H groups in total. The summed E-state index contributed by atoms with van der Waals surface area (Å²) in [6, 6.07) is 8.21. The van der Waals surface area contributed by atoms with Gasteiger partial charge < -0.3 is 5.32 Å². The molecule has 0 aromatic heterocycles. The lowest BCUT2D eigenvalue weighted by Crippen LogP contribution is -2.43. The smallest absolute Gasteiger partial charge is 0.237 e. The predicted molar refractivity (Wildman–Crippen MR) is 76.3 cm³/mol. The zero-order valence-electron chi connectivity index (χ0n) is 10.6. The fraction of sp³-hybridized carbons (Fsp3) is 0.500. The molecule has 0 spiro atoms. The molecule has 1 aliphatic heterocycles. The zero-order chi connectivity index (χ0) is 13.0. The van der Waals surface area contributed by atoms with Crippen molar-refractivity contribution in [1.29, 1.82) is 0 Å². The van der Waals surface area contributed by atoms with Gasteiger partial charge in [-0.25, -0.2) is 0 Å². The molecular weight excluding hydrogens is 292 g/mol. The average Bonchev–Trinajstić information content (AvgIpc) is 2.55. The molecule has 18 heavy (non-hydrogen) atoms. The van der Waals surface area contributed by atoms with Crippen molar-refractivity contribution in [3.05, 3.63) is 34.3 Å². The second-order valence-electron chi connectivity index (χ2n) is 4.75. The Morgan fingerprint density at radius 3 is 2.94 bits per heavy atom. The van der Waals surface area contributed by atoms with Crippen LogP contribution < -0.4 is 10.6 Å². The van der Waals surface area contributed by atoms with Crippen LogP contribution in [0.5, 0.6) is 0 Å². The predicted octanol–water partition coefficient (Wildman–Crippen LogP) is 2.77. The maximum atomic E-state index is 11.9. The number of benzene rings is 1. The summed E-state index contributed by atoms with van der Waals surface area (Å²) in [5.74, 6) is 0.131. The number of carbonyl (C=O) groups is 1. The van der Waals surface area contributed by atoms with E-state index in [1.807, 2.05) is 18.2 Å². The first-order valence-corrected chi connectivity index (χ1v) is 7.26. The number of hydrogen-bond acceptors (Lipinski definition) is 2. The second kappa shape index (κ2) is 6.34. The number of amides is 1. The normalized spacial score (nSPS) is 22.1. The quantitative estimate of drug-likeness (QED) is 0.901. The summed E-state index contributed by atoms with van der Waals surface area (Å²) < 4.78 is 1.08. The lowest BCUT2D eigenvalue weighted by Gasteiger charge is -2.22. The van der Waals surface area contributed by atoms with Gasteiger partial charge in [0.2, 0.25) is 5.91 Å². The topological polar surface area (TPSA) is 41.1 Å². The van der Waals surface area contributed by atoms with E-state index in [9.17, 15) is 4.79 Å². The van der Waals surface area contributed by atoms with Gasteiger partial charge in [0.05, 0.1) is 6.04 Å². The van der Waals surface area contributed by atoms with Crippen molar-refractivity contribution in [2.75, 3.05) is 6.54 Å². The van der Waals surface area contributed by atoms with Crippen molar-refractivity contribution in [2.24, 2.45) is 0 Å². The minimum Gasteiger partial charge on any atom is -0.355 e. The van der Waals surface area contributed by atoms with Gasteiger partial charge in [0.25, 0.3) is 0 Å². The van der Waals surface area contributed by atoms with Crippen LogP contribution in [0.1, 0.15) is 37.8 Å². The molecule has 0 radical (unpaired) electrons. The molecule has 0 bridgehead atoms. The van der Waals surface area contributed by atoms with Crippen LogP contribution in [-0.4, -0.2) is 18.5 Å². The van der Waals surface area contributed by atoms with Gasteiger partial charge in [-0.1, -0.05) is 34.1 Å². The van der Waals surface area contributed by atoms with Crippen molar-refractivity contribution in [3.63, 3.8) is 0 Å². The third kappa shape index (κ3) is 3.33. The number of hydrogen-bond donors (Lipinski definition) is 2. The van der Waals surface area contributed by atoms with Crippen LogP contribution in [0.4, 0.5) is 0 Å². The molecule has 98 valence electrons. The minimum atomic E-state index is -0.0744. The highest BCUT2D eigenvalue weighted by Gasteiger charge is 2.22. The standard InChI is InChI=1S/C14H19BrN2O/c1-10(11-6-2-3-7-12(11)15)17-13-8-4-5-9-16-14(13)18/h2-3,6-7,10,13,17H,4-5,8-9H2,1H3,(H,16,18)/t10-,13?/m0/s1. The molecule has 1 unspecified atom stereocenters. The van der Waals surface area contributed by atoms with Crippen molar-refractivity contribution in [3.8, 4) is 0 Å². The van der Waals surface area contributed by atoms with E-state index in [1.54, 1.807) is 0 Å². The molecule has 1 amide bonds. The number of halogens is 1. The Kier molecular flexibility index (Phi) is 4.78. The van der Waals surface area contributed by atoms with Gasteiger partial charge in [0, 0.05) is 17.1 Å². The van der Waals surface area contributed by atoms with E-state index in [0.717, 1.165) is 30.3 Å². The summed E-state index contributed by atoms with van der Waals surface area (Å²) in [7, 11) is 0. The lowest BCUT2D eigenvalue weighted by molar-refractivity contribution is -0.123. The largest absolute Gasteiger partial charge is 0.355 e. The van der Waals surface area contributed by atoms with E-state index >= 15 is 0 Å². The SMILES string of the molecule is C[C@H](NC1CCCCNC1=O)c1ccccc1Br. The average molecular weight is 311 g/mol. The van der Waals surface area contributed by atoms with E-state index in [1.165, 1.54) is 5.56 Å². The summed E-state index contributed by atoms with van der Waals surface area (Å²) in [5, 5.41) is 6.38. The van der Waals surface area contributed by atoms with Crippen LogP contribution in [0.2, 0.25) is 0 Å². The molecule has 1 aromatic rings. The third-order valence-electron chi connectivity index (χ3n) is 3.36. The molecule has 3 nitrogen and oxygen atoms in total. The third-order valence-corrected chi connectivity index (χ3v) is 4.08. The van der Waals surface area contributed by atoms with Crippen LogP contribution >= 0.6 is 15.9 Å². The molecule has 1 aliphatic rings. The van der Waals surface area contributed by atoms with Crippen molar-refractivity contribution in [2.45, 2.75) is 38.3 Å². The van der Waals surface area contributed by atoms with Crippen LogP contribution in [0.15, 0.2) is 28.7 Å². The van der Waals surface area contributed by atoms with Crippen LogP contribution in [0, 0.1) is 0 Å². The fourth-order valence-electron chi connectivity index (χ4n) is 2.32. The van der Waals surface area contributed by atoms with Crippen LogP contribution in [0.25, 0.3) is 0 Å². The summed E-state index contributed by atoms with van der Waals surface area (Å²) in [4.78, 5) is 11.9. The maximum Gasteiger partial charge on any atom is 0.237 e. The fourth-order valence-corrected chi connectivity index (χ4v) is 2.94. The first kappa shape index (κ1) is 13.6. The zero-order valence-corrected chi connectivity index (χ0v) is 12.2. The van der Waals surface area contributed by atoms with Crippen molar-refractivity contribution < 1.29 is 4.79 Å². The Balaban J connectivity index is 2.04. The molecular formula is C14H19BrN2O. The summed E-state index contributed by atoms with van der Waals surface area (Å²) in [5.41, 5.74) is 1.19. The summed E-state index contributed by atoms with van der Waals surface area (Å²) in [6.45, 7) is 2.90. The molecule has 1 aromatic carbocycles. The highest BCUT2D eigenvalue weighted by atomic mass is 79.9. The van der Waals surface area contributed by atoms with Gasteiger partial charge in [-0.05, 0) is 37.8 Å². The monoisotopic (exact) mass is 310 g/mol. The molecule has 1 fully saturated rings. The van der Waals surface area contributed by atoms with Crippen molar-refractivity contribution >= 4 is 21.8 Å². The second-order valence-corrected chi connectivity index (χ2v) is 5.60. The van der Waals surface area contributed by atoms with E-state index in [4.69, 9.17) is 0 Å². The van der Waals surface area contributed by atoms with Gasteiger partial charge in [-0.15, -0.1) is 0 Å². The number of nitrogens with one attached hydrogen (secondary N) is 2. The molecule has 4 heteroatoms. The van der Waals surface area contributed by atoms with E-state index in [0.29, 0.717) is 0 Å². The maximum absolute atomic E-state index is 11.9. The molecule has 1 saturated heterocycles. The molecule has 2 rings (SSSR count). The lowest BCUT2D eigenvalue weighted by atomic mass is 10.1. The van der Waals surface area contributed by atoms with Gasteiger partial charge in [-0.2, -0.15) is 0 Å². The van der Waals surface area contributed by atoms with Crippen LogP contribution in [-0.2, 0) is 4.79 Å². The Hall–Kier alpha value is -0.870. The Labute approximate surface area is 116 Å². The minimum absolute atomic E-state index is 0.0744. The van der Waals surface area contributed by atoms with Crippen LogP contribution in [0.3, 0.4) is 0 Å². The highest BCUT2D eigenvalue weighted by molar-refractivity contribution is 9.10. The van der Waals surface area contributed by atoms with Crippen molar-refractivity contribution in [1.82, 2.24) is 10.6 Å². The molecule has 1 heterocycles. The highest BCUT2D eigenvalue weighted by Crippen LogP contribution is 2.23. The van der Waals surface area contributed by atoms with Gasteiger partial charge in [0.1, 0.15) is 0 Å². The molecule has 2 atom stereocenters. The Morgan fingerprint density at radius 2 is 2.17 bits per heavy atom. The number of rotatable bonds is 3. The molecule has 0 saturated carbocycles. The van der Waals surface area contributed by atoms with Gasteiger partial charge >= 0.3 is 0 Å². The summed E-state index contributed by atoms with van der Waals surface area (Å²) in [6.07, 6.45) is 3.09. The Morgan fingerprint density at radius 1 is 1.39 bits per heavy atom.